The summed E-state index contributed by atoms with van der Waals surface area (Å²) in [7, 11) is -3.90. The molecule has 3 rings (SSSR count). The van der Waals surface area contributed by atoms with Gasteiger partial charge in [-0.2, -0.15) is 0 Å². The van der Waals surface area contributed by atoms with Crippen LogP contribution in [0.4, 0.5) is 10.1 Å². The normalized spacial score (nSPS) is 13.6. The highest BCUT2D eigenvalue weighted by Crippen LogP contribution is 2.34. The van der Waals surface area contributed by atoms with Crippen molar-refractivity contribution in [1.29, 1.82) is 0 Å². The van der Waals surface area contributed by atoms with Crippen molar-refractivity contribution in [2.45, 2.75) is 32.9 Å². The van der Waals surface area contributed by atoms with Crippen LogP contribution in [-0.4, -0.2) is 63.7 Å². The Morgan fingerprint density at radius 2 is 1.80 bits per heavy atom. The Labute approximate surface area is 204 Å². The molecule has 2 amide bonds. The number of rotatable bonds is 10. The number of ether oxygens (including phenoxy) is 2. The largest absolute Gasteiger partial charge is 0.486 e. The van der Waals surface area contributed by atoms with Crippen molar-refractivity contribution in [1.82, 2.24) is 10.2 Å². The molecule has 1 aliphatic rings. The molecule has 190 valence electrons. The number of halogens is 1. The summed E-state index contributed by atoms with van der Waals surface area (Å²) in [6.45, 7) is 3.74. The van der Waals surface area contributed by atoms with Gasteiger partial charge in [-0.15, -0.1) is 0 Å². The average molecular weight is 508 g/mol. The van der Waals surface area contributed by atoms with E-state index < -0.39 is 40.2 Å². The van der Waals surface area contributed by atoms with Gasteiger partial charge >= 0.3 is 0 Å². The molecule has 0 saturated carbocycles. The smallest absolute Gasteiger partial charge is 0.244 e. The molecule has 0 unspecified atom stereocenters. The predicted molar refractivity (Wildman–Crippen MR) is 129 cm³/mol. The fourth-order valence-electron chi connectivity index (χ4n) is 3.59. The number of fused-ring (bicyclic) bond motifs is 1. The number of carbonyl (C=O) groups excluding carboxylic acids is 2. The number of benzene rings is 2. The lowest BCUT2D eigenvalue weighted by Gasteiger charge is -2.31. The number of nitrogens with one attached hydrogen (secondary N) is 1. The highest BCUT2D eigenvalue weighted by atomic mass is 32.2. The van der Waals surface area contributed by atoms with Crippen molar-refractivity contribution >= 4 is 27.5 Å². The molecule has 0 radical (unpaired) electrons. The SMILES string of the molecule is CCCNC(=O)[C@@H](C)N(Cc1ccccc1F)C(=O)CN(c1ccc2c(c1)OCCO2)S(C)(=O)=O. The van der Waals surface area contributed by atoms with Crippen LogP contribution >= 0.6 is 0 Å². The summed E-state index contributed by atoms with van der Waals surface area (Å²) < 4.78 is 51.7. The number of sulfonamides is 1. The van der Waals surface area contributed by atoms with Gasteiger partial charge in [0.05, 0.1) is 11.9 Å². The molecule has 1 atom stereocenters. The number of hydrogen-bond donors (Lipinski definition) is 1. The minimum atomic E-state index is -3.90. The van der Waals surface area contributed by atoms with Crippen LogP contribution in [0.5, 0.6) is 11.5 Å². The van der Waals surface area contributed by atoms with Gasteiger partial charge in [0.1, 0.15) is 31.6 Å². The fraction of sp³-hybridized carbons (Fsp3) is 0.417. The first-order chi connectivity index (χ1) is 16.6. The molecule has 0 bridgehead atoms. The molecule has 35 heavy (non-hydrogen) atoms. The first-order valence-corrected chi connectivity index (χ1v) is 13.1. The second-order valence-electron chi connectivity index (χ2n) is 8.18. The van der Waals surface area contributed by atoms with Crippen LogP contribution in [0.15, 0.2) is 42.5 Å². The highest BCUT2D eigenvalue weighted by Gasteiger charge is 2.31. The summed E-state index contributed by atoms with van der Waals surface area (Å²) in [6.07, 6.45) is 1.68. The lowest BCUT2D eigenvalue weighted by Crippen LogP contribution is -2.51. The maximum absolute atomic E-state index is 14.4. The van der Waals surface area contributed by atoms with Crippen molar-refractivity contribution in [2.75, 3.05) is 36.9 Å². The van der Waals surface area contributed by atoms with Gasteiger partial charge in [-0.25, -0.2) is 12.8 Å². The van der Waals surface area contributed by atoms with E-state index in [0.717, 1.165) is 10.6 Å². The topological polar surface area (TPSA) is 105 Å². The Hall–Kier alpha value is -3.34. The van der Waals surface area contributed by atoms with E-state index in [0.29, 0.717) is 37.7 Å². The molecule has 2 aromatic carbocycles. The highest BCUT2D eigenvalue weighted by molar-refractivity contribution is 7.92. The van der Waals surface area contributed by atoms with Gasteiger partial charge in [0.25, 0.3) is 0 Å². The molecular weight excluding hydrogens is 477 g/mol. The Kier molecular flexibility index (Phi) is 8.55. The number of nitrogens with zero attached hydrogens (tertiary/aromatic N) is 2. The molecule has 1 N–H and O–H groups in total. The van der Waals surface area contributed by atoms with E-state index in [1.807, 2.05) is 6.92 Å². The van der Waals surface area contributed by atoms with E-state index in [1.54, 1.807) is 12.1 Å². The van der Waals surface area contributed by atoms with Crippen molar-refractivity contribution in [3.05, 3.63) is 53.8 Å². The van der Waals surface area contributed by atoms with Crippen molar-refractivity contribution in [3.8, 4) is 11.5 Å². The molecule has 0 saturated heterocycles. The minimum Gasteiger partial charge on any atom is -0.486 e. The molecule has 1 heterocycles. The second-order valence-corrected chi connectivity index (χ2v) is 10.1. The van der Waals surface area contributed by atoms with Crippen LogP contribution in [-0.2, 0) is 26.2 Å². The van der Waals surface area contributed by atoms with E-state index in [1.165, 1.54) is 42.2 Å². The minimum absolute atomic E-state index is 0.203. The van der Waals surface area contributed by atoms with E-state index >= 15 is 0 Å². The van der Waals surface area contributed by atoms with Gasteiger partial charge in [-0.05, 0) is 31.5 Å². The Morgan fingerprint density at radius 3 is 2.46 bits per heavy atom. The summed E-state index contributed by atoms with van der Waals surface area (Å²) in [5, 5.41) is 2.73. The van der Waals surface area contributed by atoms with E-state index in [9.17, 15) is 22.4 Å². The monoisotopic (exact) mass is 507 g/mol. The number of amides is 2. The van der Waals surface area contributed by atoms with Crippen LogP contribution in [0.25, 0.3) is 0 Å². The zero-order valence-corrected chi connectivity index (χ0v) is 20.8. The van der Waals surface area contributed by atoms with Crippen LogP contribution < -0.4 is 19.1 Å². The van der Waals surface area contributed by atoms with E-state index in [4.69, 9.17) is 9.47 Å². The summed E-state index contributed by atoms with van der Waals surface area (Å²) >= 11 is 0. The Balaban J connectivity index is 1.91. The van der Waals surface area contributed by atoms with Crippen LogP contribution in [0.2, 0.25) is 0 Å². The van der Waals surface area contributed by atoms with Gasteiger partial charge in [0, 0.05) is 24.7 Å². The average Bonchev–Trinajstić information content (AvgIpc) is 2.83. The van der Waals surface area contributed by atoms with Crippen molar-refractivity contribution in [3.63, 3.8) is 0 Å². The number of anilines is 1. The van der Waals surface area contributed by atoms with Gasteiger partial charge in [0.15, 0.2) is 11.5 Å². The zero-order chi connectivity index (χ0) is 25.6. The maximum atomic E-state index is 14.4. The molecule has 0 aromatic heterocycles. The summed E-state index contributed by atoms with van der Waals surface area (Å²) in [4.78, 5) is 27.3. The zero-order valence-electron chi connectivity index (χ0n) is 20.0. The van der Waals surface area contributed by atoms with Gasteiger partial charge in [-0.3, -0.25) is 13.9 Å². The first kappa shape index (κ1) is 26.3. The van der Waals surface area contributed by atoms with Crippen LogP contribution in [0, 0.1) is 5.82 Å². The summed E-state index contributed by atoms with van der Waals surface area (Å²) in [5.74, 6) is -0.764. The molecule has 0 aliphatic carbocycles. The summed E-state index contributed by atoms with van der Waals surface area (Å²) in [5.41, 5.74) is 0.417. The lowest BCUT2D eigenvalue weighted by molar-refractivity contribution is -0.139. The molecule has 2 aromatic rings. The molecule has 0 spiro atoms. The van der Waals surface area contributed by atoms with Gasteiger partial charge in [-0.1, -0.05) is 25.1 Å². The lowest BCUT2D eigenvalue weighted by atomic mass is 10.1. The van der Waals surface area contributed by atoms with E-state index in [-0.39, 0.29) is 17.8 Å². The van der Waals surface area contributed by atoms with E-state index in [2.05, 4.69) is 5.32 Å². The molecule has 11 heteroatoms. The maximum Gasteiger partial charge on any atom is 0.244 e. The Morgan fingerprint density at radius 1 is 1.11 bits per heavy atom. The number of hydrogen-bond acceptors (Lipinski definition) is 6. The summed E-state index contributed by atoms with van der Waals surface area (Å²) in [6, 6.07) is 9.54. The molecule has 9 nitrogen and oxygen atoms in total. The third-order valence-electron chi connectivity index (χ3n) is 5.51. The second kappa shape index (κ2) is 11.4. The predicted octanol–water partition coefficient (Wildman–Crippen LogP) is 2.31. The third-order valence-corrected chi connectivity index (χ3v) is 6.65. The fourth-order valence-corrected chi connectivity index (χ4v) is 4.43. The van der Waals surface area contributed by atoms with Crippen molar-refractivity contribution in [2.24, 2.45) is 0 Å². The molecule has 0 fully saturated rings. The van der Waals surface area contributed by atoms with Gasteiger partial charge < -0.3 is 19.7 Å². The van der Waals surface area contributed by atoms with Crippen LogP contribution in [0.1, 0.15) is 25.8 Å². The first-order valence-electron chi connectivity index (χ1n) is 11.3. The Bertz CT molecular complexity index is 1170. The van der Waals surface area contributed by atoms with Gasteiger partial charge in [0.2, 0.25) is 21.8 Å². The third kappa shape index (κ3) is 6.62. The quantitative estimate of drug-likeness (QED) is 0.529. The molecule has 1 aliphatic heterocycles. The standard InChI is InChI=1S/C24H30FN3O6S/c1-4-11-26-24(30)17(2)27(15-18-7-5-6-8-20(18)25)23(29)16-28(35(3,31)32)19-9-10-21-22(14-19)34-13-12-33-21/h5-10,14,17H,4,11-13,15-16H2,1-3H3,(H,26,30)/t17-/m1/s1. The van der Waals surface area contributed by atoms with Crippen molar-refractivity contribution < 1.29 is 31.9 Å². The van der Waals surface area contributed by atoms with Crippen LogP contribution in [0.3, 0.4) is 0 Å². The molecular formula is C24H30FN3O6S. The number of carbonyl (C=O) groups is 2.